The lowest BCUT2D eigenvalue weighted by Crippen LogP contribution is -2.23. The number of nitrogens with zero attached hydrogens (tertiary/aromatic N) is 3. The second-order valence-corrected chi connectivity index (χ2v) is 7.85. The van der Waals surface area contributed by atoms with E-state index in [0.29, 0.717) is 5.92 Å². The molecule has 3 heterocycles. The molecule has 0 saturated carbocycles. The second-order valence-electron chi connectivity index (χ2n) is 6.80. The fourth-order valence-electron chi connectivity index (χ4n) is 3.78. The van der Waals surface area contributed by atoms with Crippen molar-refractivity contribution < 1.29 is 4.79 Å². The van der Waals surface area contributed by atoms with Gasteiger partial charge in [0.15, 0.2) is 0 Å². The molecule has 4 rings (SSSR count). The molecule has 1 unspecified atom stereocenters. The van der Waals surface area contributed by atoms with E-state index in [1.54, 1.807) is 18.4 Å². The van der Waals surface area contributed by atoms with Crippen LogP contribution in [0.1, 0.15) is 39.0 Å². The molecular weight excluding hydrogens is 344 g/mol. The normalized spacial score (nSPS) is 17.0. The highest BCUT2D eigenvalue weighted by molar-refractivity contribution is 7.21. The van der Waals surface area contributed by atoms with Crippen LogP contribution >= 0.6 is 11.3 Å². The number of carbonyl (C=O) groups is 1. The third-order valence-corrected chi connectivity index (χ3v) is 6.10. The Kier molecular flexibility index (Phi) is 4.36. The number of benzene rings is 1. The summed E-state index contributed by atoms with van der Waals surface area (Å²) in [6, 6.07) is 10.3. The van der Waals surface area contributed by atoms with Gasteiger partial charge in [0.2, 0.25) is 5.95 Å². The van der Waals surface area contributed by atoms with Crippen LogP contribution in [-0.2, 0) is 0 Å². The first-order valence-corrected chi connectivity index (χ1v) is 9.69. The number of aryl methyl sites for hydroxylation is 2. The number of fused-ring (bicyclic) bond motifs is 1. The van der Waals surface area contributed by atoms with Crippen LogP contribution < -0.4 is 10.2 Å². The van der Waals surface area contributed by atoms with Crippen molar-refractivity contribution in [2.45, 2.75) is 26.2 Å². The molecule has 26 heavy (non-hydrogen) atoms. The Morgan fingerprint density at radius 3 is 2.69 bits per heavy atom. The highest BCUT2D eigenvalue weighted by Crippen LogP contribution is 2.40. The van der Waals surface area contributed by atoms with Crippen LogP contribution in [0.4, 0.5) is 5.95 Å². The van der Waals surface area contributed by atoms with Crippen molar-refractivity contribution in [2.24, 2.45) is 0 Å². The molecule has 0 spiro atoms. The molecule has 1 fully saturated rings. The molecule has 1 amide bonds. The van der Waals surface area contributed by atoms with E-state index in [4.69, 9.17) is 0 Å². The molecule has 1 atom stereocenters. The summed E-state index contributed by atoms with van der Waals surface area (Å²) in [6.07, 6.45) is 1.00. The van der Waals surface area contributed by atoms with E-state index in [9.17, 15) is 4.79 Å². The Balaban J connectivity index is 1.71. The number of nitrogens with one attached hydrogen (secondary N) is 1. The zero-order valence-electron chi connectivity index (χ0n) is 15.2. The highest BCUT2D eigenvalue weighted by Gasteiger charge is 2.31. The fraction of sp³-hybridized carbons (Fsp3) is 0.350. The van der Waals surface area contributed by atoms with E-state index in [0.717, 1.165) is 41.7 Å². The molecule has 0 radical (unpaired) electrons. The van der Waals surface area contributed by atoms with E-state index in [-0.39, 0.29) is 5.91 Å². The standard InChI is InChI=1S/C20H22N4OS/c1-12-10-13(2)23-20(22-12)24-9-8-14(11-24)17-15-6-4-5-7-16(15)26-18(17)19(25)21-3/h4-7,10,14H,8-9,11H2,1-3H3,(H,21,25). The fourth-order valence-corrected chi connectivity index (χ4v) is 5.02. The number of hydrogen-bond acceptors (Lipinski definition) is 5. The summed E-state index contributed by atoms with van der Waals surface area (Å²) in [5, 5.41) is 4.00. The van der Waals surface area contributed by atoms with E-state index >= 15 is 0 Å². The monoisotopic (exact) mass is 366 g/mol. The van der Waals surface area contributed by atoms with Gasteiger partial charge in [0.05, 0.1) is 4.88 Å². The van der Waals surface area contributed by atoms with Crippen molar-refractivity contribution in [3.05, 3.63) is 52.2 Å². The van der Waals surface area contributed by atoms with Crippen LogP contribution in [0.15, 0.2) is 30.3 Å². The summed E-state index contributed by atoms with van der Waals surface area (Å²) in [4.78, 5) is 24.8. The Morgan fingerprint density at radius 1 is 1.23 bits per heavy atom. The van der Waals surface area contributed by atoms with Crippen molar-refractivity contribution in [3.63, 3.8) is 0 Å². The third-order valence-electron chi connectivity index (χ3n) is 4.92. The maximum absolute atomic E-state index is 12.5. The lowest BCUT2D eigenvalue weighted by atomic mass is 9.95. The van der Waals surface area contributed by atoms with Crippen LogP contribution in [0.2, 0.25) is 0 Å². The zero-order valence-corrected chi connectivity index (χ0v) is 16.1. The van der Waals surface area contributed by atoms with Crippen LogP contribution in [0.5, 0.6) is 0 Å². The van der Waals surface area contributed by atoms with Gasteiger partial charge < -0.3 is 10.2 Å². The van der Waals surface area contributed by atoms with E-state index in [2.05, 4.69) is 32.3 Å². The first-order valence-electron chi connectivity index (χ1n) is 8.87. The van der Waals surface area contributed by atoms with Crippen LogP contribution in [0.25, 0.3) is 10.1 Å². The Morgan fingerprint density at radius 2 is 1.96 bits per heavy atom. The summed E-state index contributed by atoms with van der Waals surface area (Å²) in [6.45, 7) is 5.75. The first-order chi connectivity index (χ1) is 12.6. The largest absolute Gasteiger partial charge is 0.354 e. The van der Waals surface area contributed by atoms with E-state index < -0.39 is 0 Å². The van der Waals surface area contributed by atoms with Crippen molar-refractivity contribution in [1.82, 2.24) is 15.3 Å². The molecule has 1 aliphatic heterocycles. The molecular formula is C20H22N4OS. The Hall–Kier alpha value is -2.47. The summed E-state index contributed by atoms with van der Waals surface area (Å²) in [5.74, 6) is 1.11. The number of aromatic nitrogens is 2. The summed E-state index contributed by atoms with van der Waals surface area (Å²) >= 11 is 1.58. The minimum Gasteiger partial charge on any atom is -0.354 e. The lowest BCUT2D eigenvalue weighted by Gasteiger charge is -2.17. The van der Waals surface area contributed by atoms with Gasteiger partial charge in [-0.15, -0.1) is 11.3 Å². The smallest absolute Gasteiger partial charge is 0.261 e. The van der Waals surface area contributed by atoms with Crippen molar-refractivity contribution in [1.29, 1.82) is 0 Å². The molecule has 1 N–H and O–H groups in total. The van der Waals surface area contributed by atoms with Crippen molar-refractivity contribution in [3.8, 4) is 0 Å². The minimum absolute atomic E-state index is 0.00213. The molecule has 6 heteroatoms. The maximum atomic E-state index is 12.5. The average Bonchev–Trinajstić information content (AvgIpc) is 3.24. The number of amides is 1. The number of hydrogen-bond donors (Lipinski definition) is 1. The molecule has 1 saturated heterocycles. The van der Waals surface area contributed by atoms with Crippen LogP contribution in [0.3, 0.4) is 0 Å². The molecule has 1 aliphatic rings. The van der Waals surface area contributed by atoms with Gasteiger partial charge in [-0.3, -0.25) is 4.79 Å². The summed E-state index contributed by atoms with van der Waals surface area (Å²) in [7, 11) is 1.70. The van der Waals surface area contributed by atoms with Crippen molar-refractivity contribution in [2.75, 3.05) is 25.0 Å². The van der Waals surface area contributed by atoms with Gasteiger partial charge in [0, 0.05) is 42.1 Å². The molecule has 0 aliphatic carbocycles. The predicted molar refractivity (Wildman–Crippen MR) is 106 cm³/mol. The number of thiophene rings is 1. The Bertz CT molecular complexity index is 961. The molecule has 0 bridgehead atoms. The zero-order chi connectivity index (χ0) is 18.3. The summed E-state index contributed by atoms with van der Waals surface area (Å²) in [5.41, 5.74) is 3.16. The number of anilines is 1. The SMILES string of the molecule is CNC(=O)c1sc2ccccc2c1C1CCN(c2nc(C)cc(C)n2)C1. The molecule has 2 aromatic heterocycles. The van der Waals surface area contributed by atoms with Crippen molar-refractivity contribution >= 4 is 33.3 Å². The van der Waals surface area contributed by atoms with Crippen LogP contribution in [-0.4, -0.2) is 36.0 Å². The molecule has 1 aromatic carbocycles. The van der Waals surface area contributed by atoms with Gasteiger partial charge in [-0.2, -0.15) is 0 Å². The molecule has 3 aromatic rings. The maximum Gasteiger partial charge on any atom is 0.261 e. The van der Waals surface area contributed by atoms with E-state index in [1.165, 1.54) is 15.6 Å². The van der Waals surface area contributed by atoms with Gasteiger partial charge in [0.1, 0.15) is 0 Å². The quantitative estimate of drug-likeness (QED) is 0.768. The lowest BCUT2D eigenvalue weighted by molar-refractivity contribution is 0.0966. The van der Waals surface area contributed by atoms with Gasteiger partial charge >= 0.3 is 0 Å². The molecule has 5 nitrogen and oxygen atoms in total. The highest BCUT2D eigenvalue weighted by atomic mass is 32.1. The van der Waals surface area contributed by atoms with Gasteiger partial charge in [-0.05, 0) is 43.4 Å². The van der Waals surface area contributed by atoms with Crippen LogP contribution in [0, 0.1) is 13.8 Å². The number of rotatable bonds is 3. The van der Waals surface area contributed by atoms with Gasteiger partial charge in [0.25, 0.3) is 5.91 Å². The van der Waals surface area contributed by atoms with Gasteiger partial charge in [-0.25, -0.2) is 9.97 Å². The van der Waals surface area contributed by atoms with Gasteiger partial charge in [-0.1, -0.05) is 18.2 Å². The van der Waals surface area contributed by atoms with E-state index in [1.807, 2.05) is 32.0 Å². The Labute approximate surface area is 157 Å². The second kappa shape index (κ2) is 6.68. The predicted octanol–water partition coefficient (Wildman–Crippen LogP) is 3.66. The minimum atomic E-state index is 0.00213. The first kappa shape index (κ1) is 17.0. The number of carbonyl (C=O) groups excluding carboxylic acids is 1. The topological polar surface area (TPSA) is 58.1 Å². The summed E-state index contributed by atoms with van der Waals surface area (Å²) < 4.78 is 1.17. The third kappa shape index (κ3) is 2.94. The molecule has 134 valence electrons. The average molecular weight is 366 g/mol.